The van der Waals surface area contributed by atoms with Gasteiger partial charge in [0.05, 0.1) is 7.11 Å². The maximum absolute atomic E-state index is 11.0. The highest BCUT2D eigenvalue weighted by Gasteiger charge is 2.27. The van der Waals surface area contributed by atoms with E-state index >= 15 is 0 Å². The van der Waals surface area contributed by atoms with Crippen LogP contribution < -0.4 is 4.74 Å². The second-order valence-electron chi connectivity index (χ2n) is 6.09. The molecule has 0 bridgehead atoms. The van der Waals surface area contributed by atoms with Crippen molar-refractivity contribution in [3.8, 4) is 5.75 Å². The van der Waals surface area contributed by atoms with E-state index in [0.717, 1.165) is 24.9 Å². The quantitative estimate of drug-likeness (QED) is 0.539. The van der Waals surface area contributed by atoms with Crippen molar-refractivity contribution in [2.75, 3.05) is 7.11 Å². The molecule has 1 aromatic carbocycles. The van der Waals surface area contributed by atoms with Gasteiger partial charge in [-0.25, -0.2) is 0 Å². The van der Waals surface area contributed by atoms with Gasteiger partial charge in [-0.1, -0.05) is 37.6 Å². The minimum Gasteiger partial charge on any atom is -0.497 e. The van der Waals surface area contributed by atoms with Crippen molar-refractivity contribution in [1.82, 2.24) is 0 Å². The number of ether oxygens (including phenoxy) is 1. The number of benzene rings is 1. The largest absolute Gasteiger partial charge is 0.497 e. The standard InChI is InChI=1S/C18H26O2/c1-14(2)10-11-18(4,12-15(3)13-19)16-6-8-17(20-5)9-7-16/h6-10,13,15H,11-12H2,1-5H3. The van der Waals surface area contributed by atoms with Gasteiger partial charge in [0.15, 0.2) is 0 Å². The molecular weight excluding hydrogens is 248 g/mol. The molecule has 0 aromatic heterocycles. The van der Waals surface area contributed by atoms with Gasteiger partial charge in [0.2, 0.25) is 0 Å². The van der Waals surface area contributed by atoms with E-state index in [1.165, 1.54) is 11.1 Å². The van der Waals surface area contributed by atoms with E-state index in [2.05, 4.69) is 39.0 Å². The normalized spacial score (nSPS) is 15.1. The van der Waals surface area contributed by atoms with Crippen LogP contribution in [-0.4, -0.2) is 13.4 Å². The third kappa shape index (κ3) is 4.52. The first-order chi connectivity index (χ1) is 9.41. The van der Waals surface area contributed by atoms with Crippen LogP contribution in [0.5, 0.6) is 5.75 Å². The summed E-state index contributed by atoms with van der Waals surface area (Å²) >= 11 is 0. The lowest BCUT2D eigenvalue weighted by molar-refractivity contribution is -0.111. The monoisotopic (exact) mass is 274 g/mol. The highest BCUT2D eigenvalue weighted by molar-refractivity contribution is 5.53. The molecule has 2 nitrogen and oxygen atoms in total. The van der Waals surface area contributed by atoms with Crippen LogP contribution in [0.2, 0.25) is 0 Å². The lowest BCUT2D eigenvalue weighted by atomic mass is 9.73. The van der Waals surface area contributed by atoms with Gasteiger partial charge in [0.1, 0.15) is 12.0 Å². The SMILES string of the molecule is COc1ccc(C(C)(CC=C(C)C)CC(C)C=O)cc1. The van der Waals surface area contributed by atoms with Crippen molar-refractivity contribution in [2.24, 2.45) is 5.92 Å². The lowest BCUT2D eigenvalue weighted by Gasteiger charge is -2.31. The lowest BCUT2D eigenvalue weighted by Crippen LogP contribution is -2.25. The summed E-state index contributed by atoms with van der Waals surface area (Å²) in [5.74, 6) is 0.925. The maximum atomic E-state index is 11.0. The van der Waals surface area contributed by atoms with Crippen LogP contribution in [-0.2, 0) is 10.2 Å². The fourth-order valence-electron chi connectivity index (χ4n) is 2.50. The van der Waals surface area contributed by atoms with Gasteiger partial charge in [0.25, 0.3) is 0 Å². The van der Waals surface area contributed by atoms with Gasteiger partial charge in [-0.05, 0) is 49.8 Å². The van der Waals surface area contributed by atoms with Gasteiger partial charge in [-0.15, -0.1) is 0 Å². The van der Waals surface area contributed by atoms with Gasteiger partial charge < -0.3 is 9.53 Å². The van der Waals surface area contributed by atoms with Gasteiger partial charge in [0, 0.05) is 5.92 Å². The van der Waals surface area contributed by atoms with Crippen LogP contribution in [0.3, 0.4) is 0 Å². The van der Waals surface area contributed by atoms with Crippen LogP contribution in [0, 0.1) is 5.92 Å². The molecule has 2 atom stereocenters. The molecular formula is C18H26O2. The molecule has 0 aliphatic carbocycles. The first kappa shape index (κ1) is 16.5. The smallest absolute Gasteiger partial charge is 0.122 e. The Morgan fingerprint density at radius 1 is 1.30 bits per heavy atom. The molecule has 0 saturated carbocycles. The number of allylic oxidation sites excluding steroid dienone is 2. The Labute approximate surface area is 122 Å². The molecule has 0 aliphatic rings. The number of hydrogen-bond donors (Lipinski definition) is 0. The number of rotatable bonds is 7. The molecule has 1 aromatic rings. The maximum Gasteiger partial charge on any atom is 0.122 e. The Morgan fingerprint density at radius 3 is 2.35 bits per heavy atom. The molecule has 110 valence electrons. The van der Waals surface area contributed by atoms with E-state index in [9.17, 15) is 4.79 Å². The average molecular weight is 274 g/mol. The van der Waals surface area contributed by atoms with E-state index in [4.69, 9.17) is 4.74 Å². The second kappa shape index (κ2) is 7.28. The molecule has 0 aliphatic heterocycles. The third-order valence-electron chi connectivity index (χ3n) is 3.75. The number of aldehydes is 1. The van der Waals surface area contributed by atoms with E-state index in [-0.39, 0.29) is 11.3 Å². The summed E-state index contributed by atoms with van der Waals surface area (Å²) in [5, 5.41) is 0. The van der Waals surface area contributed by atoms with Gasteiger partial charge in [-0.2, -0.15) is 0 Å². The van der Waals surface area contributed by atoms with Crippen LogP contribution in [0.25, 0.3) is 0 Å². The minimum atomic E-state index is -0.0239. The van der Waals surface area contributed by atoms with Crippen molar-refractivity contribution in [3.63, 3.8) is 0 Å². The van der Waals surface area contributed by atoms with Crippen LogP contribution in [0.1, 0.15) is 46.1 Å². The first-order valence-corrected chi connectivity index (χ1v) is 7.14. The molecule has 0 spiro atoms. The Hall–Kier alpha value is -1.57. The molecule has 0 N–H and O–H groups in total. The summed E-state index contributed by atoms with van der Waals surface area (Å²) in [7, 11) is 1.67. The molecule has 0 fully saturated rings. The van der Waals surface area contributed by atoms with Crippen molar-refractivity contribution in [2.45, 2.75) is 46.0 Å². The zero-order chi connectivity index (χ0) is 15.2. The highest BCUT2D eigenvalue weighted by atomic mass is 16.5. The van der Waals surface area contributed by atoms with Crippen LogP contribution in [0.15, 0.2) is 35.9 Å². The van der Waals surface area contributed by atoms with E-state index in [1.54, 1.807) is 7.11 Å². The Morgan fingerprint density at radius 2 is 1.90 bits per heavy atom. The van der Waals surface area contributed by atoms with Gasteiger partial charge in [-0.3, -0.25) is 0 Å². The first-order valence-electron chi connectivity index (χ1n) is 7.14. The summed E-state index contributed by atoms with van der Waals surface area (Å²) in [4.78, 5) is 11.0. The predicted octanol–water partition coefficient (Wildman–Crippen LogP) is 4.53. The zero-order valence-corrected chi connectivity index (χ0v) is 13.3. The zero-order valence-electron chi connectivity index (χ0n) is 13.3. The third-order valence-corrected chi connectivity index (χ3v) is 3.75. The number of carbonyl (C=O) groups is 1. The van der Waals surface area contributed by atoms with E-state index in [0.29, 0.717) is 0 Å². The second-order valence-corrected chi connectivity index (χ2v) is 6.09. The molecule has 0 amide bonds. The van der Waals surface area contributed by atoms with E-state index < -0.39 is 0 Å². The Kier molecular flexibility index (Phi) is 6.00. The topological polar surface area (TPSA) is 26.3 Å². The fourth-order valence-corrected chi connectivity index (χ4v) is 2.50. The van der Waals surface area contributed by atoms with Crippen molar-refractivity contribution in [3.05, 3.63) is 41.5 Å². The van der Waals surface area contributed by atoms with Crippen molar-refractivity contribution < 1.29 is 9.53 Å². The fraction of sp³-hybridized carbons (Fsp3) is 0.500. The molecule has 0 radical (unpaired) electrons. The summed E-state index contributed by atoms with van der Waals surface area (Å²) in [6.07, 6.45) is 5.10. The molecule has 2 heteroatoms. The van der Waals surface area contributed by atoms with Crippen molar-refractivity contribution in [1.29, 1.82) is 0 Å². The molecule has 0 saturated heterocycles. The van der Waals surface area contributed by atoms with Gasteiger partial charge >= 0.3 is 0 Å². The summed E-state index contributed by atoms with van der Waals surface area (Å²) in [6, 6.07) is 8.19. The summed E-state index contributed by atoms with van der Waals surface area (Å²) in [5.41, 5.74) is 2.54. The molecule has 20 heavy (non-hydrogen) atoms. The van der Waals surface area contributed by atoms with Crippen LogP contribution >= 0.6 is 0 Å². The molecule has 2 unspecified atom stereocenters. The Balaban J connectivity index is 3.06. The Bertz CT molecular complexity index is 455. The minimum absolute atomic E-state index is 0.0239. The summed E-state index contributed by atoms with van der Waals surface area (Å²) < 4.78 is 5.21. The molecule has 1 rings (SSSR count). The number of hydrogen-bond acceptors (Lipinski definition) is 2. The number of carbonyl (C=O) groups excluding carboxylic acids is 1. The average Bonchev–Trinajstić information content (AvgIpc) is 2.45. The number of methoxy groups -OCH3 is 1. The van der Waals surface area contributed by atoms with E-state index in [1.807, 2.05) is 19.1 Å². The highest BCUT2D eigenvalue weighted by Crippen LogP contribution is 2.35. The molecule has 0 heterocycles. The van der Waals surface area contributed by atoms with Crippen LogP contribution in [0.4, 0.5) is 0 Å². The predicted molar refractivity (Wildman–Crippen MR) is 84.2 cm³/mol. The summed E-state index contributed by atoms with van der Waals surface area (Å²) in [6.45, 7) is 8.43. The van der Waals surface area contributed by atoms with Crippen molar-refractivity contribution >= 4 is 6.29 Å².